The van der Waals surface area contributed by atoms with Crippen molar-refractivity contribution in [1.29, 1.82) is 0 Å². The van der Waals surface area contributed by atoms with E-state index in [0.29, 0.717) is 42.1 Å². The number of nitrogens with one attached hydrogen (secondary N) is 3. The van der Waals surface area contributed by atoms with E-state index in [2.05, 4.69) is 27.0 Å². The highest BCUT2D eigenvalue weighted by molar-refractivity contribution is 7.13. The summed E-state index contributed by atoms with van der Waals surface area (Å²) in [7, 11) is 1.24. The zero-order chi connectivity index (χ0) is 36.0. The van der Waals surface area contributed by atoms with Crippen molar-refractivity contribution in [2.24, 2.45) is 0 Å². The molecule has 3 N–H and O–H groups in total. The van der Waals surface area contributed by atoms with Crippen LogP contribution >= 0.6 is 11.3 Å². The van der Waals surface area contributed by atoms with Gasteiger partial charge < -0.3 is 30.2 Å². The fourth-order valence-corrected chi connectivity index (χ4v) is 6.48. The number of pyridine rings is 1. The molecule has 2 aromatic heterocycles. The highest BCUT2D eigenvalue weighted by Crippen LogP contribution is 2.43. The molecule has 0 atom stereocenters. The number of alkyl carbamates (subject to hydrolysis) is 1. The van der Waals surface area contributed by atoms with Crippen molar-refractivity contribution >= 4 is 40.9 Å². The van der Waals surface area contributed by atoms with Crippen LogP contribution in [-0.4, -0.2) is 54.7 Å². The van der Waals surface area contributed by atoms with Crippen LogP contribution in [0.2, 0.25) is 0 Å². The van der Waals surface area contributed by atoms with Gasteiger partial charge >= 0.3 is 12.1 Å². The van der Waals surface area contributed by atoms with Gasteiger partial charge in [0.25, 0.3) is 11.8 Å². The van der Waals surface area contributed by atoms with Crippen molar-refractivity contribution in [3.05, 3.63) is 87.6 Å². The largest absolute Gasteiger partial charge is 0.493 e. The van der Waals surface area contributed by atoms with Crippen molar-refractivity contribution in [1.82, 2.24) is 15.6 Å². The Labute approximate surface area is 295 Å². The molecule has 262 valence electrons. The quantitative estimate of drug-likeness (QED) is 0.116. The average Bonchev–Trinajstić information content (AvgIpc) is 3.48. The molecule has 0 unspecified atom stereocenters. The maximum atomic E-state index is 14.3. The van der Waals surface area contributed by atoms with E-state index in [-0.39, 0.29) is 23.5 Å². The Morgan fingerprint density at radius 3 is 2.48 bits per heavy atom. The van der Waals surface area contributed by atoms with E-state index >= 15 is 0 Å². The Morgan fingerprint density at radius 2 is 1.76 bits per heavy atom. The van der Waals surface area contributed by atoms with Crippen LogP contribution in [0.25, 0.3) is 21.6 Å². The summed E-state index contributed by atoms with van der Waals surface area (Å²) in [5.74, 6) is -1.03. The molecule has 0 aliphatic carbocycles. The van der Waals surface area contributed by atoms with Gasteiger partial charge in [-0.3, -0.25) is 9.59 Å². The van der Waals surface area contributed by atoms with E-state index in [4.69, 9.17) is 14.2 Å². The maximum absolute atomic E-state index is 14.3. The number of unbranched alkanes of at least 4 members (excludes halogenated alkanes) is 1. The number of ether oxygens (including phenoxy) is 3. The fraction of sp³-hybridized carbons (Fsp3) is 0.342. The highest BCUT2D eigenvalue weighted by Gasteiger charge is 2.27. The number of carbonyl (C=O) groups is 4. The zero-order valence-corrected chi connectivity index (χ0v) is 30.0. The van der Waals surface area contributed by atoms with Crippen molar-refractivity contribution < 1.29 is 33.4 Å². The highest BCUT2D eigenvalue weighted by atomic mass is 32.1. The van der Waals surface area contributed by atoms with Crippen LogP contribution in [0.15, 0.2) is 53.9 Å². The minimum Gasteiger partial charge on any atom is -0.493 e. The molecule has 1 aliphatic heterocycles. The molecular formula is C38H42N4O7S. The van der Waals surface area contributed by atoms with Crippen LogP contribution in [0, 0.1) is 6.92 Å². The van der Waals surface area contributed by atoms with Crippen molar-refractivity contribution in [2.75, 3.05) is 25.6 Å². The molecule has 5 rings (SSSR count). The Kier molecular flexibility index (Phi) is 11.2. The first-order valence-corrected chi connectivity index (χ1v) is 17.4. The van der Waals surface area contributed by atoms with E-state index in [0.717, 1.165) is 40.0 Å². The molecule has 12 heteroatoms. The number of aryl methyl sites for hydroxylation is 1. The second-order valence-electron chi connectivity index (χ2n) is 12.9. The Hall–Kier alpha value is -5.23. The zero-order valence-electron chi connectivity index (χ0n) is 29.2. The van der Waals surface area contributed by atoms with E-state index in [1.54, 1.807) is 56.4 Å². The summed E-state index contributed by atoms with van der Waals surface area (Å²) in [5, 5.41) is 10.6. The number of hydrogen-bond donors (Lipinski definition) is 3. The Balaban J connectivity index is 1.53. The third-order valence-corrected chi connectivity index (χ3v) is 8.96. The number of thiophene rings is 1. The van der Waals surface area contributed by atoms with Gasteiger partial charge in [-0.2, -0.15) is 0 Å². The van der Waals surface area contributed by atoms with Gasteiger partial charge in [-0.25, -0.2) is 14.6 Å². The first-order chi connectivity index (χ1) is 23.9. The number of carbonyl (C=O) groups excluding carboxylic acids is 4. The van der Waals surface area contributed by atoms with Crippen LogP contribution in [0.3, 0.4) is 0 Å². The molecule has 0 bridgehead atoms. The topological polar surface area (TPSA) is 145 Å². The van der Waals surface area contributed by atoms with Gasteiger partial charge in [0.2, 0.25) is 0 Å². The average molecular weight is 699 g/mol. The van der Waals surface area contributed by atoms with Gasteiger partial charge in [-0.05, 0) is 92.6 Å². The predicted octanol–water partition coefficient (Wildman–Crippen LogP) is 7.31. The van der Waals surface area contributed by atoms with Crippen molar-refractivity contribution in [3.8, 4) is 27.3 Å². The van der Waals surface area contributed by atoms with Crippen LogP contribution in [-0.2, 0) is 22.4 Å². The lowest BCUT2D eigenvalue weighted by molar-refractivity contribution is 0.0522. The molecule has 0 radical (unpaired) electrons. The molecule has 50 heavy (non-hydrogen) atoms. The lowest BCUT2D eigenvalue weighted by Gasteiger charge is -2.20. The summed E-state index contributed by atoms with van der Waals surface area (Å²) in [6.45, 7) is 10.4. The number of anilines is 1. The van der Waals surface area contributed by atoms with Crippen LogP contribution in [0.4, 0.5) is 10.5 Å². The van der Waals surface area contributed by atoms with Gasteiger partial charge in [-0.15, -0.1) is 11.3 Å². The normalized spacial score (nSPS) is 12.0. The van der Waals surface area contributed by atoms with Crippen LogP contribution < -0.4 is 20.7 Å². The summed E-state index contributed by atoms with van der Waals surface area (Å²) in [6, 6.07) is 14.2. The van der Waals surface area contributed by atoms with Crippen molar-refractivity contribution in [3.63, 3.8) is 0 Å². The lowest BCUT2D eigenvalue weighted by atomic mass is 9.93. The summed E-state index contributed by atoms with van der Waals surface area (Å²) >= 11 is 1.56. The van der Waals surface area contributed by atoms with E-state index in [9.17, 15) is 19.2 Å². The number of benzene rings is 2. The standard InChI is InChI=1S/C38H42N4O7S/c1-7-8-15-39-35(44)30-12-10-25(32(41-30)36(45)47-6)26-20-31-28(33-24(13-16-48-31)14-17-50-33)19-27(26)34(43)42-29-11-9-23(18-22(29)2)21-40-37(46)49-38(3,4)5/h9-12,14,17-20H,7-8,13,15-16,21H2,1-6H3,(H,39,44)(H,40,46)(H,42,43). The van der Waals surface area contributed by atoms with Gasteiger partial charge in [0.15, 0.2) is 5.69 Å². The molecule has 1 aliphatic rings. The molecular weight excluding hydrogens is 657 g/mol. The smallest absolute Gasteiger partial charge is 0.407 e. The fourth-order valence-electron chi connectivity index (χ4n) is 5.51. The molecule has 0 saturated carbocycles. The second-order valence-corrected chi connectivity index (χ2v) is 13.8. The molecule has 0 saturated heterocycles. The first-order valence-electron chi connectivity index (χ1n) is 16.5. The number of hydrogen-bond acceptors (Lipinski definition) is 9. The van der Waals surface area contributed by atoms with Crippen LogP contribution in [0.5, 0.6) is 5.75 Å². The molecule has 2 aromatic carbocycles. The maximum Gasteiger partial charge on any atom is 0.407 e. The summed E-state index contributed by atoms with van der Waals surface area (Å²) in [6.07, 6.45) is 1.90. The molecule has 3 heterocycles. The SMILES string of the molecule is CCCCNC(=O)c1ccc(-c2cc3c(cc2C(=O)Nc2ccc(CNC(=O)OC(C)(C)C)cc2C)-c2sccc2CCO3)c(C(=O)OC)n1. The first kappa shape index (κ1) is 36.1. The summed E-state index contributed by atoms with van der Waals surface area (Å²) < 4.78 is 16.6. The lowest BCUT2D eigenvalue weighted by Crippen LogP contribution is -2.32. The van der Waals surface area contributed by atoms with Crippen molar-refractivity contribution in [2.45, 2.75) is 66.0 Å². The van der Waals surface area contributed by atoms with Crippen LogP contribution in [0.1, 0.15) is 88.6 Å². The Bertz CT molecular complexity index is 1930. The molecule has 0 fully saturated rings. The van der Waals surface area contributed by atoms with Gasteiger partial charge in [0.1, 0.15) is 17.0 Å². The number of amides is 3. The molecule has 4 aromatic rings. The third kappa shape index (κ3) is 8.49. The summed E-state index contributed by atoms with van der Waals surface area (Å²) in [5.41, 5.74) is 4.37. The Morgan fingerprint density at radius 1 is 0.960 bits per heavy atom. The number of aromatic nitrogens is 1. The number of rotatable bonds is 10. The number of fused-ring (bicyclic) bond motifs is 3. The molecule has 0 spiro atoms. The number of nitrogens with zero attached hydrogens (tertiary/aromatic N) is 1. The minimum absolute atomic E-state index is 0.0577. The van der Waals surface area contributed by atoms with E-state index < -0.39 is 29.5 Å². The van der Waals surface area contributed by atoms with Gasteiger partial charge in [0, 0.05) is 52.3 Å². The summed E-state index contributed by atoms with van der Waals surface area (Å²) in [4.78, 5) is 57.9. The van der Waals surface area contributed by atoms with Gasteiger partial charge in [0.05, 0.1) is 13.7 Å². The van der Waals surface area contributed by atoms with E-state index in [1.807, 2.05) is 31.4 Å². The monoisotopic (exact) mass is 698 g/mol. The third-order valence-electron chi connectivity index (χ3n) is 7.97. The predicted molar refractivity (Wildman–Crippen MR) is 193 cm³/mol. The van der Waals surface area contributed by atoms with E-state index in [1.165, 1.54) is 13.2 Å². The molecule has 3 amide bonds. The molecule has 11 nitrogen and oxygen atoms in total. The van der Waals surface area contributed by atoms with Gasteiger partial charge in [-0.1, -0.05) is 25.5 Å². The minimum atomic E-state index is -0.752. The number of methoxy groups -OCH3 is 1. The second kappa shape index (κ2) is 15.5. The number of esters is 1.